The second kappa shape index (κ2) is 14.9. The fraction of sp³-hybridized carbons (Fsp3) is 0.0175. The number of fused-ring (bicyclic) bond motifs is 7. The lowest BCUT2D eigenvalue weighted by atomic mass is 10.0. The lowest BCUT2D eigenvalue weighted by Gasteiger charge is -2.12. The first-order chi connectivity index (χ1) is 30.1. The molecule has 3 heterocycles. The van der Waals surface area contributed by atoms with Gasteiger partial charge in [-0.05, 0) is 95.7 Å². The number of allylic oxidation sites excluding steroid dienone is 5. The van der Waals surface area contributed by atoms with Crippen molar-refractivity contribution in [2.24, 2.45) is 0 Å². The number of hydrogen-bond acceptors (Lipinski definition) is 2. The highest BCUT2D eigenvalue weighted by Crippen LogP contribution is 2.39. The van der Waals surface area contributed by atoms with Crippen LogP contribution in [0.4, 0.5) is 0 Å². The van der Waals surface area contributed by atoms with E-state index in [2.05, 4.69) is 199 Å². The lowest BCUT2D eigenvalue weighted by Crippen LogP contribution is -1.98. The van der Waals surface area contributed by atoms with Crippen molar-refractivity contribution in [2.75, 3.05) is 0 Å². The summed E-state index contributed by atoms with van der Waals surface area (Å²) in [5.41, 5.74) is 14.2. The molecule has 61 heavy (non-hydrogen) atoms. The molecule has 0 saturated carbocycles. The van der Waals surface area contributed by atoms with E-state index in [4.69, 9.17) is 9.97 Å². The number of nitrogens with zero attached hydrogens (tertiary/aromatic N) is 4. The van der Waals surface area contributed by atoms with Gasteiger partial charge < -0.3 is 9.13 Å². The van der Waals surface area contributed by atoms with Crippen molar-refractivity contribution in [3.05, 3.63) is 225 Å². The van der Waals surface area contributed by atoms with Crippen LogP contribution >= 0.6 is 0 Å². The third kappa shape index (κ3) is 6.25. The molecule has 0 radical (unpaired) electrons. The highest BCUT2D eigenvalue weighted by Gasteiger charge is 2.18. The van der Waals surface area contributed by atoms with Crippen LogP contribution in [-0.2, 0) is 0 Å². The van der Waals surface area contributed by atoms with Gasteiger partial charge in [-0.15, -0.1) is 0 Å². The number of para-hydroxylation sites is 2. The molecule has 11 aromatic rings. The Morgan fingerprint density at radius 3 is 1.89 bits per heavy atom. The van der Waals surface area contributed by atoms with E-state index in [0.717, 1.165) is 44.8 Å². The van der Waals surface area contributed by atoms with E-state index in [1.165, 1.54) is 60.2 Å². The number of aromatic nitrogens is 4. The molecule has 288 valence electrons. The Morgan fingerprint density at radius 1 is 0.459 bits per heavy atom. The summed E-state index contributed by atoms with van der Waals surface area (Å²) in [7, 11) is 0. The fourth-order valence-electron chi connectivity index (χ4n) is 8.90. The van der Waals surface area contributed by atoms with E-state index in [1.807, 2.05) is 30.4 Å². The summed E-state index contributed by atoms with van der Waals surface area (Å²) in [6.45, 7) is 5.88. The topological polar surface area (TPSA) is 35.6 Å². The normalized spacial score (nSPS) is 12.1. The minimum atomic E-state index is 0.687. The molecule has 0 saturated heterocycles. The van der Waals surface area contributed by atoms with Gasteiger partial charge in [0.2, 0.25) is 0 Å². The van der Waals surface area contributed by atoms with E-state index in [9.17, 15) is 0 Å². The summed E-state index contributed by atoms with van der Waals surface area (Å²) in [5.74, 6) is 0.687. The SMILES string of the molecule is C=C/C=C\C=C(/C)c1cc(-c2ccccc2)nc(-c2ccc(-n3c4ccccc4c4cc(-c5ccc6c7ccccc7n(-c7cccc8ccccc78)c6c5)ccc43)cc2)n1. The van der Waals surface area contributed by atoms with Crippen molar-refractivity contribution in [3.8, 4) is 45.1 Å². The van der Waals surface area contributed by atoms with Crippen molar-refractivity contribution in [1.82, 2.24) is 19.1 Å². The van der Waals surface area contributed by atoms with Crippen LogP contribution in [0.25, 0.3) is 105 Å². The number of benzene rings is 8. The molecule has 0 aliphatic carbocycles. The predicted octanol–water partition coefficient (Wildman–Crippen LogP) is 15.0. The molecule has 4 heteroatoms. The molecule has 0 N–H and O–H groups in total. The van der Waals surface area contributed by atoms with Gasteiger partial charge in [-0.3, -0.25) is 0 Å². The van der Waals surface area contributed by atoms with E-state index in [1.54, 1.807) is 6.08 Å². The van der Waals surface area contributed by atoms with Crippen LogP contribution in [0.15, 0.2) is 219 Å². The summed E-state index contributed by atoms with van der Waals surface area (Å²) in [6.07, 6.45) is 7.74. The summed E-state index contributed by atoms with van der Waals surface area (Å²) in [4.78, 5) is 10.1. The fourth-order valence-corrected chi connectivity index (χ4v) is 8.90. The molecule has 0 spiro atoms. The first kappa shape index (κ1) is 36.0. The monoisotopic (exact) mass is 780 g/mol. The molecular formula is C57H40N4. The van der Waals surface area contributed by atoms with Crippen LogP contribution in [0.3, 0.4) is 0 Å². The maximum absolute atomic E-state index is 5.07. The van der Waals surface area contributed by atoms with Gasteiger partial charge in [0.25, 0.3) is 0 Å². The summed E-state index contributed by atoms with van der Waals surface area (Å²) >= 11 is 0. The van der Waals surface area contributed by atoms with Crippen LogP contribution < -0.4 is 0 Å². The van der Waals surface area contributed by atoms with E-state index in [-0.39, 0.29) is 0 Å². The first-order valence-corrected chi connectivity index (χ1v) is 20.7. The van der Waals surface area contributed by atoms with Gasteiger partial charge in [0.1, 0.15) is 0 Å². The van der Waals surface area contributed by atoms with Crippen molar-refractivity contribution >= 4 is 60.0 Å². The molecule has 0 atom stereocenters. The zero-order chi connectivity index (χ0) is 40.9. The summed E-state index contributed by atoms with van der Waals surface area (Å²) in [6, 6.07) is 67.5. The molecule has 8 aromatic carbocycles. The molecule has 0 aliphatic rings. The second-order valence-electron chi connectivity index (χ2n) is 15.5. The van der Waals surface area contributed by atoms with Crippen LogP contribution in [0, 0.1) is 0 Å². The van der Waals surface area contributed by atoms with Crippen molar-refractivity contribution in [1.29, 1.82) is 0 Å². The zero-order valence-electron chi connectivity index (χ0n) is 33.7. The van der Waals surface area contributed by atoms with Crippen LogP contribution in [0.1, 0.15) is 12.6 Å². The Labute approximate surface area is 354 Å². The third-order valence-electron chi connectivity index (χ3n) is 11.9. The maximum Gasteiger partial charge on any atom is 0.160 e. The molecular weight excluding hydrogens is 741 g/mol. The molecule has 0 bridgehead atoms. The highest BCUT2D eigenvalue weighted by molar-refractivity contribution is 6.13. The quantitative estimate of drug-likeness (QED) is 0.144. The average Bonchev–Trinajstić information content (AvgIpc) is 3.83. The molecule has 11 rings (SSSR count). The van der Waals surface area contributed by atoms with Gasteiger partial charge in [0, 0.05) is 43.7 Å². The molecule has 3 aromatic heterocycles. The molecule has 0 fully saturated rings. The first-order valence-electron chi connectivity index (χ1n) is 20.7. The Balaban J connectivity index is 1.02. The lowest BCUT2D eigenvalue weighted by molar-refractivity contribution is 1.14. The minimum absolute atomic E-state index is 0.687. The smallest absolute Gasteiger partial charge is 0.160 e. The number of hydrogen-bond donors (Lipinski definition) is 0. The second-order valence-corrected chi connectivity index (χ2v) is 15.5. The minimum Gasteiger partial charge on any atom is -0.309 e. The molecule has 0 unspecified atom stereocenters. The Morgan fingerprint density at radius 2 is 1.08 bits per heavy atom. The third-order valence-corrected chi connectivity index (χ3v) is 11.9. The van der Waals surface area contributed by atoms with Gasteiger partial charge in [-0.25, -0.2) is 9.97 Å². The van der Waals surface area contributed by atoms with Gasteiger partial charge in [0.05, 0.1) is 39.1 Å². The maximum atomic E-state index is 5.07. The molecule has 4 nitrogen and oxygen atoms in total. The van der Waals surface area contributed by atoms with Crippen molar-refractivity contribution in [2.45, 2.75) is 6.92 Å². The summed E-state index contributed by atoms with van der Waals surface area (Å²) < 4.78 is 4.80. The van der Waals surface area contributed by atoms with Gasteiger partial charge >= 0.3 is 0 Å². The van der Waals surface area contributed by atoms with Crippen LogP contribution in [-0.4, -0.2) is 19.1 Å². The molecule has 0 aliphatic heterocycles. The number of rotatable bonds is 8. The van der Waals surface area contributed by atoms with Crippen LogP contribution in [0.5, 0.6) is 0 Å². The van der Waals surface area contributed by atoms with Crippen LogP contribution in [0.2, 0.25) is 0 Å². The zero-order valence-corrected chi connectivity index (χ0v) is 33.7. The predicted molar refractivity (Wildman–Crippen MR) is 258 cm³/mol. The van der Waals surface area contributed by atoms with E-state index < -0.39 is 0 Å². The average molecular weight is 781 g/mol. The van der Waals surface area contributed by atoms with E-state index >= 15 is 0 Å². The molecule has 0 amide bonds. The largest absolute Gasteiger partial charge is 0.309 e. The van der Waals surface area contributed by atoms with Crippen molar-refractivity contribution < 1.29 is 0 Å². The van der Waals surface area contributed by atoms with Gasteiger partial charge in [-0.2, -0.15) is 0 Å². The van der Waals surface area contributed by atoms with Gasteiger partial charge in [-0.1, -0.05) is 152 Å². The Bertz CT molecular complexity index is 3540. The van der Waals surface area contributed by atoms with E-state index in [0.29, 0.717) is 5.82 Å². The van der Waals surface area contributed by atoms with Gasteiger partial charge in [0.15, 0.2) is 5.82 Å². The highest BCUT2D eigenvalue weighted by atomic mass is 15.0. The van der Waals surface area contributed by atoms with Crippen molar-refractivity contribution in [3.63, 3.8) is 0 Å². The Hall–Kier alpha value is -8.08. The summed E-state index contributed by atoms with van der Waals surface area (Å²) in [5, 5.41) is 7.39. The standard InChI is InChI=1S/C57H40N4/c1-3-4-6-16-38(2)50-37-51(40-18-7-5-8-19-40)59-57(58-50)41-27-31-44(32-28-41)60-53-24-13-12-23-47(53)49-35-42(30-34-55(49)60)43-29-33-48-46-22-11-14-25-54(46)61(56(48)36-43)52-26-15-20-39-17-9-10-21-45(39)52/h3-37H,1H2,2H3/b6-4-,38-16+. The Kier molecular flexibility index (Phi) is 8.83.